The van der Waals surface area contributed by atoms with E-state index in [1.165, 1.54) is 18.4 Å². The summed E-state index contributed by atoms with van der Waals surface area (Å²) in [5.41, 5.74) is 1.66. The maximum atomic E-state index is 12.5. The highest BCUT2D eigenvalue weighted by Gasteiger charge is 2.36. The Balaban J connectivity index is 1.57. The Hall–Kier alpha value is -3.11. The summed E-state index contributed by atoms with van der Waals surface area (Å²) in [5.74, 6) is 0.506. The van der Waals surface area contributed by atoms with E-state index in [9.17, 15) is 16.8 Å². The molecule has 1 aliphatic rings. The van der Waals surface area contributed by atoms with Crippen molar-refractivity contribution in [1.82, 2.24) is 4.41 Å². The molecule has 0 spiro atoms. The van der Waals surface area contributed by atoms with Gasteiger partial charge >= 0.3 is 0 Å². The third-order valence-electron chi connectivity index (χ3n) is 4.61. The third-order valence-corrected chi connectivity index (χ3v) is 7.02. The van der Waals surface area contributed by atoms with Crippen LogP contribution in [0, 0.1) is 0 Å². The van der Waals surface area contributed by atoms with Crippen LogP contribution < -0.4 is 4.72 Å². The predicted molar refractivity (Wildman–Crippen MR) is 113 cm³/mol. The minimum absolute atomic E-state index is 0.166. The van der Waals surface area contributed by atoms with Crippen LogP contribution in [-0.4, -0.2) is 33.2 Å². The standard InChI is InChI=1S/C20H19N3O5S2/c1-29(24,25)23-19(20-8-5-13-28-20)14-18(21-23)15-9-11-16(12-10-15)22-30(26,27)17-6-3-2-4-7-17/h2-13,19,22H,14H2,1H3. The molecule has 0 aliphatic carbocycles. The fourth-order valence-electron chi connectivity index (χ4n) is 3.21. The first-order valence-electron chi connectivity index (χ1n) is 9.03. The van der Waals surface area contributed by atoms with Gasteiger partial charge in [0.25, 0.3) is 10.0 Å². The van der Waals surface area contributed by atoms with Gasteiger partial charge in [-0.25, -0.2) is 16.8 Å². The lowest BCUT2D eigenvalue weighted by Crippen LogP contribution is -2.25. The van der Waals surface area contributed by atoms with Crippen LogP contribution in [0.4, 0.5) is 5.69 Å². The Kier molecular flexibility index (Phi) is 5.12. The van der Waals surface area contributed by atoms with Crippen molar-refractivity contribution in [1.29, 1.82) is 0 Å². The van der Waals surface area contributed by atoms with E-state index in [0.717, 1.165) is 10.7 Å². The minimum Gasteiger partial charge on any atom is -0.467 e. The van der Waals surface area contributed by atoms with Crippen LogP contribution in [0.1, 0.15) is 23.8 Å². The van der Waals surface area contributed by atoms with Gasteiger partial charge in [0.1, 0.15) is 11.8 Å². The van der Waals surface area contributed by atoms with Crippen LogP contribution in [0.3, 0.4) is 0 Å². The monoisotopic (exact) mass is 445 g/mol. The van der Waals surface area contributed by atoms with Crippen LogP contribution in [0.15, 0.2) is 87.4 Å². The van der Waals surface area contributed by atoms with Gasteiger partial charge < -0.3 is 4.42 Å². The van der Waals surface area contributed by atoms with Crippen molar-refractivity contribution in [3.63, 3.8) is 0 Å². The molecule has 0 amide bonds. The van der Waals surface area contributed by atoms with Crippen molar-refractivity contribution in [2.45, 2.75) is 17.4 Å². The molecular weight excluding hydrogens is 426 g/mol. The molecule has 1 unspecified atom stereocenters. The second-order valence-corrected chi connectivity index (χ2v) is 10.3. The van der Waals surface area contributed by atoms with Gasteiger partial charge in [-0.1, -0.05) is 30.3 Å². The van der Waals surface area contributed by atoms with Crippen molar-refractivity contribution >= 4 is 31.4 Å². The average molecular weight is 446 g/mol. The topological polar surface area (TPSA) is 109 Å². The molecule has 8 nitrogen and oxygen atoms in total. The zero-order valence-corrected chi connectivity index (χ0v) is 17.6. The van der Waals surface area contributed by atoms with E-state index in [1.54, 1.807) is 54.6 Å². The Morgan fingerprint density at radius 1 is 0.967 bits per heavy atom. The van der Waals surface area contributed by atoms with Crippen molar-refractivity contribution in [3.8, 4) is 0 Å². The second kappa shape index (κ2) is 7.62. The lowest BCUT2D eigenvalue weighted by molar-refractivity contribution is 0.322. The number of hydrogen-bond acceptors (Lipinski definition) is 6. The molecule has 0 radical (unpaired) electrons. The summed E-state index contributed by atoms with van der Waals surface area (Å²) in [4.78, 5) is 0.166. The number of benzene rings is 2. The summed E-state index contributed by atoms with van der Waals surface area (Å²) < 4.78 is 58.2. The van der Waals surface area contributed by atoms with Crippen LogP contribution in [0.25, 0.3) is 0 Å². The number of hydrogen-bond donors (Lipinski definition) is 1. The van der Waals surface area contributed by atoms with Gasteiger partial charge in [0.2, 0.25) is 10.0 Å². The number of sulfonamides is 2. The highest BCUT2D eigenvalue weighted by molar-refractivity contribution is 7.92. The number of rotatable bonds is 6. The number of furan rings is 1. The van der Waals surface area contributed by atoms with Gasteiger partial charge in [0, 0.05) is 12.1 Å². The molecule has 2 aromatic carbocycles. The number of nitrogens with one attached hydrogen (secondary N) is 1. The molecule has 1 atom stereocenters. The Labute approximate surface area is 174 Å². The molecule has 3 aromatic rings. The number of nitrogens with zero attached hydrogens (tertiary/aromatic N) is 2. The molecule has 0 fully saturated rings. The lowest BCUT2D eigenvalue weighted by Gasteiger charge is -2.18. The summed E-state index contributed by atoms with van der Waals surface area (Å²) in [6.45, 7) is 0. The van der Waals surface area contributed by atoms with Crippen molar-refractivity contribution in [3.05, 3.63) is 84.3 Å². The van der Waals surface area contributed by atoms with Crippen LogP contribution in [-0.2, 0) is 20.0 Å². The molecule has 156 valence electrons. The van der Waals surface area contributed by atoms with E-state index in [-0.39, 0.29) is 4.90 Å². The minimum atomic E-state index is -3.69. The fourth-order valence-corrected chi connectivity index (χ4v) is 5.17. The van der Waals surface area contributed by atoms with E-state index in [0.29, 0.717) is 29.1 Å². The highest BCUT2D eigenvalue weighted by Crippen LogP contribution is 2.35. The quantitative estimate of drug-likeness (QED) is 0.627. The molecule has 0 saturated heterocycles. The maximum absolute atomic E-state index is 12.5. The molecular formula is C20H19N3O5S2. The highest BCUT2D eigenvalue weighted by atomic mass is 32.2. The number of hydrazone groups is 1. The third kappa shape index (κ3) is 4.10. The van der Waals surface area contributed by atoms with E-state index < -0.39 is 26.1 Å². The SMILES string of the molecule is CS(=O)(=O)N1N=C(c2ccc(NS(=O)(=O)c3ccccc3)cc2)CC1c1ccco1. The van der Waals surface area contributed by atoms with Crippen LogP contribution in [0.5, 0.6) is 0 Å². The molecule has 1 N–H and O–H groups in total. The summed E-state index contributed by atoms with van der Waals surface area (Å²) in [7, 11) is -7.28. The van der Waals surface area contributed by atoms with Gasteiger partial charge in [0.15, 0.2) is 0 Å². The molecule has 10 heteroatoms. The molecule has 2 heterocycles. The zero-order valence-electron chi connectivity index (χ0n) is 16.0. The van der Waals surface area contributed by atoms with E-state index in [1.807, 2.05) is 0 Å². The smallest absolute Gasteiger partial charge is 0.261 e. The van der Waals surface area contributed by atoms with E-state index in [4.69, 9.17) is 4.42 Å². The number of anilines is 1. The Bertz CT molecular complexity index is 1270. The average Bonchev–Trinajstić information content (AvgIpc) is 3.38. The molecule has 1 aromatic heterocycles. The molecule has 0 saturated carbocycles. The van der Waals surface area contributed by atoms with E-state index in [2.05, 4.69) is 9.82 Å². The summed E-state index contributed by atoms with van der Waals surface area (Å²) in [5, 5.41) is 4.28. The molecule has 30 heavy (non-hydrogen) atoms. The Morgan fingerprint density at radius 2 is 1.67 bits per heavy atom. The molecule has 0 bridgehead atoms. The summed E-state index contributed by atoms with van der Waals surface area (Å²) in [6.07, 6.45) is 2.92. The molecule has 4 rings (SSSR count). The zero-order chi connectivity index (χ0) is 21.4. The van der Waals surface area contributed by atoms with Gasteiger partial charge in [-0.15, -0.1) is 0 Å². The van der Waals surface area contributed by atoms with Gasteiger partial charge in [-0.2, -0.15) is 9.52 Å². The van der Waals surface area contributed by atoms with Crippen LogP contribution in [0.2, 0.25) is 0 Å². The largest absolute Gasteiger partial charge is 0.467 e. The summed E-state index contributed by atoms with van der Waals surface area (Å²) in [6, 6.07) is 17.6. The van der Waals surface area contributed by atoms with Crippen molar-refractivity contribution in [2.75, 3.05) is 11.0 Å². The first-order valence-corrected chi connectivity index (χ1v) is 12.4. The first kappa shape index (κ1) is 20.2. The first-order chi connectivity index (χ1) is 14.2. The van der Waals surface area contributed by atoms with Gasteiger partial charge in [0.05, 0.1) is 23.1 Å². The second-order valence-electron chi connectivity index (χ2n) is 6.81. The molecule has 1 aliphatic heterocycles. The summed E-state index contributed by atoms with van der Waals surface area (Å²) >= 11 is 0. The fraction of sp³-hybridized carbons (Fsp3) is 0.150. The van der Waals surface area contributed by atoms with Gasteiger partial charge in [-0.05, 0) is 42.0 Å². The normalized spacial score (nSPS) is 17.0. The maximum Gasteiger partial charge on any atom is 0.261 e. The van der Waals surface area contributed by atoms with Crippen molar-refractivity contribution < 1.29 is 21.3 Å². The predicted octanol–water partition coefficient (Wildman–Crippen LogP) is 3.19. The van der Waals surface area contributed by atoms with Gasteiger partial charge in [-0.3, -0.25) is 4.72 Å². The Morgan fingerprint density at radius 3 is 2.27 bits per heavy atom. The van der Waals surface area contributed by atoms with E-state index >= 15 is 0 Å². The van der Waals surface area contributed by atoms with Crippen molar-refractivity contribution in [2.24, 2.45) is 5.10 Å². The lowest BCUT2D eigenvalue weighted by atomic mass is 10.0. The van der Waals surface area contributed by atoms with Crippen LogP contribution >= 0.6 is 0 Å².